The number of fused-ring (bicyclic) bond motifs is 7. The molecule has 0 aliphatic carbocycles. The van der Waals surface area contributed by atoms with Crippen LogP contribution in [-0.4, -0.2) is 19.1 Å². The summed E-state index contributed by atoms with van der Waals surface area (Å²) in [5, 5.41) is 7.17. The Hall–Kier alpha value is -6.52. The molecule has 3 aromatic heterocycles. The molecule has 0 radical (unpaired) electrons. The van der Waals surface area contributed by atoms with E-state index in [-0.39, 0.29) is 0 Å². The summed E-state index contributed by atoms with van der Waals surface area (Å²) < 4.78 is 4.64. The van der Waals surface area contributed by atoms with Crippen LogP contribution in [0.15, 0.2) is 170 Å². The molecule has 0 N–H and O–H groups in total. The van der Waals surface area contributed by atoms with Crippen LogP contribution in [0.5, 0.6) is 0 Å². The molecule has 0 aliphatic rings. The molecule has 0 atom stereocenters. The van der Waals surface area contributed by atoms with E-state index in [0.29, 0.717) is 5.82 Å². The van der Waals surface area contributed by atoms with E-state index in [0.717, 1.165) is 39.1 Å². The Morgan fingerprint density at radius 3 is 2.06 bits per heavy atom. The molecule has 0 fully saturated rings. The maximum Gasteiger partial charge on any atom is 0.160 e. The van der Waals surface area contributed by atoms with Gasteiger partial charge in [0.25, 0.3) is 0 Å². The molecule has 0 spiro atoms. The highest BCUT2D eigenvalue weighted by atomic mass is 15.0. The van der Waals surface area contributed by atoms with Crippen LogP contribution in [0, 0.1) is 0 Å². The number of aromatic nitrogens is 4. The Morgan fingerprint density at radius 1 is 0.417 bits per heavy atom. The molecule has 48 heavy (non-hydrogen) atoms. The lowest BCUT2D eigenvalue weighted by atomic mass is 10.0. The lowest BCUT2D eigenvalue weighted by Gasteiger charge is -2.12. The van der Waals surface area contributed by atoms with Crippen molar-refractivity contribution < 1.29 is 0 Å². The zero-order valence-electron chi connectivity index (χ0n) is 26.0. The minimum atomic E-state index is 0.710. The van der Waals surface area contributed by atoms with Crippen molar-refractivity contribution in [2.45, 2.75) is 0 Å². The number of hydrogen-bond donors (Lipinski definition) is 0. The zero-order chi connectivity index (χ0) is 31.6. The molecule has 4 nitrogen and oxygen atoms in total. The maximum absolute atomic E-state index is 5.24. The molecule has 0 amide bonds. The minimum absolute atomic E-state index is 0.710. The molecule has 0 saturated carbocycles. The summed E-state index contributed by atoms with van der Waals surface area (Å²) in [4.78, 5) is 10.3. The first-order chi connectivity index (χ1) is 23.8. The molecule has 4 heteroatoms. The van der Waals surface area contributed by atoms with Gasteiger partial charge in [0.15, 0.2) is 5.82 Å². The highest BCUT2D eigenvalue weighted by Gasteiger charge is 2.18. The van der Waals surface area contributed by atoms with E-state index in [4.69, 9.17) is 9.97 Å². The molecule has 0 saturated heterocycles. The largest absolute Gasteiger partial charge is 0.317 e. The molecule has 224 valence electrons. The van der Waals surface area contributed by atoms with Gasteiger partial charge in [0, 0.05) is 50.2 Å². The number of benzene rings is 7. The van der Waals surface area contributed by atoms with Gasteiger partial charge in [0.2, 0.25) is 0 Å². The van der Waals surface area contributed by atoms with Gasteiger partial charge in [0.1, 0.15) is 0 Å². The Balaban J connectivity index is 1.17. The Morgan fingerprint density at radius 2 is 1.15 bits per heavy atom. The van der Waals surface area contributed by atoms with Crippen molar-refractivity contribution in [3.8, 4) is 34.0 Å². The molecule has 0 bridgehead atoms. The van der Waals surface area contributed by atoms with E-state index in [9.17, 15) is 0 Å². The summed E-state index contributed by atoms with van der Waals surface area (Å²) in [6.07, 6.45) is 2.18. The van der Waals surface area contributed by atoms with Crippen molar-refractivity contribution in [2.75, 3.05) is 0 Å². The van der Waals surface area contributed by atoms with Crippen LogP contribution < -0.4 is 0 Å². The molecule has 0 unspecified atom stereocenters. The predicted octanol–water partition coefficient (Wildman–Crippen LogP) is 11.2. The second kappa shape index (κ2) is 10.5. The fourth-order valence-corrected chi connectivity index (χ4v) is 7.32. The Kier molecular flexibility index (Phi) is 5.84. The summed E-state index contributed by atoms with van der Waals surface area (Å²) in [7, 11) is 0. The quantitative estimate of drug-likeness (QED) is 0.198. The molecule has 7 aromatic carbocycles. The topological polar surface area (TPSA) is 35.6 Å². The van der Waals surface area contributed by atoms with Crippen LogP contribution in [0.25, 0.3) is 88.4 Å². The molecule has 10 rings (SSSR count). The van der Waals surface area contributed by atoms with Gasteiger partial charge < -0.3 is 9.13 Å². The van der Waals surface area contributed by atoms with Crippen molar-refractivity contribution in [2.24, 2.45) is 0 Å². The SMILES string of the molecule is c1ccc(-n2ccc3c4c5ccccc5n(-c5cccc(-c6nc(-c7ccc8ccccc8c7)c7ccccc7n6)c5)c4ccc32)cc1. The van der Waals surface area contributed by atoms with Crippen LogP contribution in [0.3, 0.4) is 0 Å². The van der Waals surface area contributed by atoms with E-state index in [1.165, 1.54) is 43.5 Å². The average molecular weight is 613 g/mol. The maximum atomic E-state index is 5.24. The van der Waals surface area contributed by atoms with Gasteiger partial charge >= 0.3 is 0 Å². The van der Waals surface area contributed by atoms with E-state index in [2.05, 4.69) is 173 Å². The highest BCUT2D eigenvalue weighted by molar-refractivity contribution is 6.21. The van der Waals surface area contributed by atoms with Crippen LogP contribution in [-0.2, 0) is 0 Å². The minimum Gasteiger partial charge on any atom is -0.317 e. The lowest BCUT2D eigenvalue weighted by molar-refractivity contribution is 1.13. The van der Waals surface area contributed by atoms with Crippen molar-refractivity contribution >= 4 is 54.4 Å². The van der Waals surface area contributed by atoms with Crippen molar-refractivity contribution in [3.05, 3.63) is 170 Å². The Labute approximate surface area is 276 Å². The van der Waals surface area contributed by atoms with E-state index >= 15 is 0 Å². The summed E-state index contributed by atoms with van der Waals surface area (Å²) in [6.45, 7) is 0. The first-order valence-corrected chi connectivity index (χ1v) is 16.3. The summed E-state index contributed by atoms with van der Waals surface area (Å²) in [6, 6.07) is 57.9. The van der Waals surface area contributed by atoms with Crippen LogP contribution in [0.4, 0.5) is 0 Å². The fourth-order valence-electron chi connectivity index (χ4n) is 7.32. The Bertz CT molecular complexity index is 2840. The number of hydrogen-bond acceptors (Lipinski definition) is 2. The number of para-hydroxylation sites is 3. The smallest absolute Gasteiger partial charge is 0.160 e. The highest BCUT2D eigenvalue weighted by Crippen LogP contribution is 2.39. The first kappa shape index (κ1) is 26.7. The van der Waals surface area contributed by atoms with E-state index < -0.39 is 0 Å². The van der Waals surface area contributed by atoms with Gasteiger partial charge in [-0.25, -0.2) is 9.97 Å². The van der Waals surface area contributed by atoms with Gasteiger partial charge in [-0.1, -0.05) is 103 Å². The summed E-state index contributed by atoms with van der Waals surface area (Å²) in [5.74, 6) is 0.710. The van der Waals surface area contributed by atoms with Gasteiger partial charge in [-0.05, 0) is 71.4 Å². The van der Waals surface area contributed by atoms with Gasteiger partial charge in [0.05, 0.1) is 27.8 Å². The van der Waals surface area contributed by atoms with Crippen LogP contribution >= 0.6 is 0 Å². The van der Waals surface area contributed by atoms with Crippen molar-refractivity contribution in [1.82, 2.24) is 19.1 Å². The van der Waals surface area contributed by atoms with Gasteiger partial charge in [-0.2, -0.15) is 0 Å². The molecular weight excluding hydrogens is 585 g/mol. The third-order valence-electron chi connectivity index (χ3n) is 9.53. The third kappa shape index (κ3) is 4.10. The van der Waals surface area contributed by atoms with Crippen LogP contribution in [0.2, 0.25) is 0 Å². The summed E-state index contributed by atoms with van der Waals surface area (Å²) >= 11 is 0. The third-order valence-corrected chi connectivity index (χ3v) is 9.53. The molecule has 0 aliphatic heterocycles. The van der Waals surface area contributed by atoms with Crippen molar-refractivity contribution in [1.29, 1.82) is 0 Å². The zero-order valence-corrected chi connectivity index (χ0v) is 26.0. The predicted molar refractivity (Wildman–Crippen MR) is 199 cm³/mol. The monoisotopic (exact) mass is 612 g/mol. The second-order valence-corrected chi connectivity index (χ2v) is 12.3. The number of rotatable bonds is 4. The van der Waals surface area contributed by atoms with Crippen molar-refractivity contribution in [3.63, 3.8) is 0 Å². The molecule has 3 heterocycles. The lowest BCUT2D eigenvalue weighted by Crippen LogP contribution is -1.98. The van der Waals surface area contributed by atoms with Gasteiger partial charge in [-0.3, -0.25) is 0 Å². The molecule has 10 aromatic rings. The molecular formula is C44H28N4. The van der Waals surface area contributed by atoms with E-state index in [1.807, 2.05) is 6.07 Å². The normalized spacial score (nSPS) is 11.8. The second-order valence-electron chi connectivity index (χ2n) is 12.3. The van der Waals surface area contributed by atoms with Gasteiger partial charge in [-0.15, -0.1) is 0 Å². The van der Waals surface area contributed by atoms with E-state index in [1.54, 1.807) is 0 Å². The fraction of sp³-hybridized carbons (Fsp3) is 0. The average Bonchev–Trinajstić information content (AvgIpc) is 3.74. The van der Waals surface area contributed by atoms with Crippen LogP contribution in [0.1, 0.15) is 0 Å². The first-order valence-electron chi connectivity index (χ1n) is 16.3. The summed E-state index contributed by atoms with van der Waals surface area (Å²) in [5.41, 5.74) is 9.68. The standard InChI is InChI=1S/C44H28N4/c1-2-14-33(15-3-1)47-26-25-37-39(47)23-24-41-42(37)36-18-7-9-20-40(36)48(41)34-16-10-13-32(28-34)44-45-38-19-8-6-17-35(38)43(46-44)31-22-21-29-11-4-5-12-30(29)27-31/h1-28H. The number of nitrogens with zero attached hydrogens (tertiary/aromatic N) is 4.